The van der Waals surface area contributed by atoms with Gasteiger partial charge in [0.05, 0.1) is 4.90 Å². The van der Waals surface area contributed by atoms with E-state index in [0.29, 0.717) is 30.5 Å². The quantitative estimate of drug-likeness (QED) is 0.821. The first-order chi connectivity index (χ1) is 12.8. The van der Waals surface area contributed by atoms with Crippen LogP contribution in [0, 0.1) is 11.8 Å². The van der Waals surface area contributed by atoms with Crippen LogP contribution < -0.4 is 11.1 Å². The molecule has 6 nitrogen and oxygen atoms in total. The van der Waals surface area contributed by atoms with Crippen LogP contribution in [0.15, 0.2) is 29.2 Å². The van der Waals surface area contributed by atoms with E-state index in [0.717, 1.165) is 32.1 Å². The highest BCUT2D eigenvalue weighted by Gasteiger charge is 2.32. The van der Waals surface area contributed by atoms with Gasteiger partial charge in [-0.2, -0.15) is 4.31 Å². The van der Waals surface area contributed by atoms with Gasteiger partial charge >= 0.3 is 0 Å². The highest BCUT2D eigenvalue weighted by molar-refractivity contribution is 7.89. The number of hydrogen-bond acceptors (Lipinski definition) is 4. The lowest BCUT2D eigenvalue weighted by molar-refractivity contribution is 0.0925. The normalized spacial score (nSPS) is 30.0. The minimum Gasteiger partial charge on any atom is -0.349 e. The number of rotatable bonds is 4. The van der Waals surface area contributed by atoms with E-state index in [2.05, 4.69) is 19.2 Å². The minimum atomic E-state index is -3.59. The molecule has 1 aliphatic heterocycles. The predicted molar refractivity (Wildman–Crippen MR) is 106 cm³/mol. The molecule has 27 heavy (non-hydrogen) atoms. The van der Waals surface area contributed by atoms with E-state index < -0.39 is 10.0 Å². The van der Waals surface area contributed by atoms with Crippen LogP contribution in [0.5, 0.6) is 0 Å². The van der Waals surface area contributed by atoms with E-state index in [-0.39, 0.29) is 22.9 Å². The highest BCUT2D eigenvalue weighted by Crippen LogP contribution is 2.27. The number of hydrogen-bond donors (Lipinski definition) is 2. The van der Waals surface area contributed by atoms with Crippen molar-refractivity contribution in [2.24, 2.45) is 17.6 Å². The van der Waals surface area contributed by atoms with Crippen molar-refractivity contribution in [3.05, 3.63) is 29.8 Å². The summed E-state index contributed by atoms with van der Waals surface area (Å²) in [7, 11) is -3.59. The molecule has 0 aromatic heterocycles. The zero-order valence-electron chi connectivity index (χ0n) is 16.2. The smallest absolute Gasteiger partial charge is 0.251 e. The van der Waals surface area contributed by atoms with Crippen molar-refractivity contribution in [1.29, 1.82) is 0 Å². The van der Waals surface area contributed by atoms with Crippen LogP contribution in [0.3, 0.4) is 0 Å². The molecule has 2 aliphatic rings. The molecule has 150 valence electrons. The van der Waals surface area contributed by atoms with Crippen molar-refractivity contribution >= 4 is 15.9 Å². The number of piperidine rings is 1. The van der Waals surface area contributed by atoms with Crippen molar-refractivity contribution in [1.82, 2.24) is 9.62 Å². The van der Waals surface area contributed by atoms with Crippen molar-refractivity contribution < 1.29 is 13.2 Å². The lowest BCUT2D eigenvalue weighted by Gasteiger charge is -2.34. The van der Waals surface area contributed by atoms with Crippen LogP contribution in [0.1, 0.15) is 56.3 Å². The molecule has 1 aromatic carbocycles. The lowest BCUT2D eigenvalue weighted by atomic mass is 9.91. The Kier molecular flexibility index (Phi) is 6.23. The maximum absolute atomic E-state index is 13.1. The van der Waals surface area contributed by atoms with E-state index >= 15 is 0 Å². The predicted octanol–water partition coefficient (Wildman–Crippen LogP) is 2.35. The van der Waals surface area contributed by atoms with E-state index in [1.807, 2.05) is 0 Å². The van der Waals surface area contributed by atoms with Crippen LogP contribution >= 0.6 is 0 Å². The standard InChI is InChI=1S/C20H31N3O3S/c1-14-10-15(2)13-23(12-14)27(25,26)19-5-3-4-16(11-19)20(24)22-18-8-6-17(21)7-9-18/h3-5,11,14-15,17-18H,6-10,12-13,21H2,1-2H3,(H,22,24). The van der Waals surface area contributed by atoms with Gasteiger partial charge < -0.3 is 11.1 Å². The molecule has 1 aromatic rings. The first-order valence-corrected chi connectivity index (χ1v) is 11.4. The summed E-state index contributed by atoms with van der Waals surface area (Å²) >= 11 is 0. The summed E-state index contributed by atoms with van der Waals surface area (Å²) in [6.07, 6.45) is 4.60. The van der Waals surface area contributed by atoms with Crippen molar-refractivity contribution in [2.75, 3.05) is 13.1 Å². The summed E-state index contributed by atoms with van der Waals surface area (Å²) in [4.78, 5) is 12.8. The van der Waals surface area contributed by atoms with Gasteiger partial charge in [0.25, 0.3) is 5.91 Å². The van der Waals surface area contributed by atoms with Crippen molar-refractivity contribution in [2.45, 2.75) is 62.9 Å². The van der Waals surface area contributed by atoms with Gasteiger partial charge in [-0.15, -0.1) is 0 Å². The third-order valence-electron chi connectivity index (χ3n) is 5.68. The molecule has 0 radical (unpaired) electrons. The Morgan fingerprint density at radius 3 is 2.37 bits per heavy atom. The Balaban J connectivity index is 1.73. The molecular weight excluding hydrogens is 362 g/mol. The fraction of sp³-hybridized carbons (Fsp3) is 0.650. The van der Waals surface area contributed by atoms with Crippen molar-refractivity contribution in [3.63, 3.8) is 0 Å². The Labute approximate surface area is 162 Å². The second-order valence-electron chi connectivity index (χ2n) is 8.38. The van der Waals surface area contributed by atoms with Crippen LogP contribution in [0.4, 0.5) is 0 Å². The maximum atomic E-state index is 13.1. The van der Waals surface area contributed by atoms with Gasteiger partial charge in [0.2, 0.25) is 10.0 Å². The van der Waals surface area contributed by atoms with E-state index in [9.17, 15) is 13.2 Å². The van der Waals surface area contributed by atoms with Gasteiger partial charge in [-0.3, -0.25) is 4.79 Å². The van der Waals surface area contributed by atoms with Gasteiger partial charge in [0, 0.05) is 30.7 Å². The molecule has 2 atom stereocenters. The third-order valence-corrected chi connectivity index (χ3v) is 7.50. The number of nitrogens with zero attached hydrogens (tertiary/aromatic N) is 1. The number of carbonyl (C=O) groups is 1. The summed E-state index contributed by atoms with van der Waals surface area (Å²) in [6.45, 7) is 5.23. The molecule has 0 spiro atoms. The van der Waals surface area contributed by atoms with Crippen LogP contribution in [0.2, 0.25) is 0 Å². The lowest BCUT2D eigenvalue weighted by Crippen LogP contribution is -2.42. The SMILES string of the molecule is CC1CC(C)CN(S(=O)(=O)c2cccc(C(=O)NC3CCC(N)CC3)c2)C1. The third kappa shape index (κ3) is 4.89. The summed E-state index contributed by atoms with van der Waals surface area (Å²) in [5.74, 6) is 0.466. The summed E-state index contributed by atoms with van der Waals surface area (Å²) < 4.78 is 27.7. The molecule has 2 fully saturated rings. The van der Waals surface area contributed by atoms with E-state index in [4.69, 9.17) is 5.73 Å². The van der Waals surface area contributed by atoms with Gasteiger partial charge in [-0.1, -0.05) is 19.9 Å². The first kappa shape index (κ1) is 20.3. The molecule has 3 rings (SSSR count). The van der Waals surface area contributed by atoms with Crippen molar-refractivity contribution in [3.8, 4) is 0 Å². The molecule has 1 heterocycles. The number of amides is 1. The van der Waals surface area contributed by atoms with Gasteiger partial charge in [0.15, 0.2) is 0 Å². The average Bonchev–Trinajstić information content (AvgIpc) is 2.63. The van der Waals surface area contributed by atoms with Gasteiger partial charge in [-0.05, 0) is 62.1 Å². The molecule has 1 amide bonds. The van der Waals surface area contributed by atoms with E-state index in [1.165, 1.54) is 6.07 Å². The summed E-state index contributed by atoms with van der Waals surface area (Å²) in [5, 5.41) is 3.03. The largest absolute Gasteiger partial charge is 0.349 e. The fourth-order valence-electron chi connectivity index (χ4n) is 4.28. The fourth-order valence-corrected chi connectivity index (χ4v) is 6.01. The average molecular weight is 394 g/mol. The molecule has 1 aliphatic carbocycles. The first-order valence-electron chi connectivity index (χ1n) is 9.92. The zero-order valence-corrected chi connectivity index (χ0v) is 17.0. The minimum absolute atomic E-state index is 0.112. The van der Waals surface area contributed by atoms with E-state index in [1.54, 1.807) is 22.5 Å². The Bertz CT molecular complexity index is 762. The monoisotopic (exact) mass is 393 g/mol. The number of carbonyl (C=O) groups excluding carboxylic acids is 1. The Morgan fingerprint density at radius 2 is 1.74 bits per heavy atom. The highest BCUT2D eigenvalue weighted by atomic mass is 32.2. The molecule has 7 heteroatoms. The number of nitrogens with one attached hydrogen (secondary N) is 1. The molecule has 1 saturated heterocycles. The number of sulfonamides is 1. The van der Waals surface area contributed by atoms with Crippen LogP contribution in [-0.2, 0) is 10.0 Å². The number of nitrogens with two attached hydrogens (primary N) is 1. The Morgan fingerprint density at radius 1 is 1.11 bits per heavy atom. The summed E-state index contributed by atoms with van der Waals surface area (Å²) in [5.41, 5.74) is 6.31. The molecule has 3 N–H and O–H groups in total. The second-order valence-corrected chi connectivity index (χ2v) is 10.3. The molecular formula is C20H31N3O3S. The van der Waals surface area contributed by atoms with Gasteiger partial charge in [-0.25, -0.2) is 8.42 Å². The molecule has 1 saturated carbocycles. The topological polar surface area (TPSA) is 92.5 Å². The molecule has 0 bridgehead atoms. The maximum Gasteiger partial charge on any atom is 0.251 e. The molecule has 2 unspecified atom stereocenters. The second kappa shape index (κ2) is 8.29. The summed E-state index contributed by atoms with van der Waals surface area (Å²) in [6, 6.07) is 6.74. The van der Waals surface area contributed by atoms with Crippen LogP contribution in [0.25, 0.3) is 0 Å². The van der Waals surface area contributed by atoms with Crippen LogP contribution in [-0.4, -0.2) is 43.8 Å². The number of benzene rings is 1. The zero-order chi connectivity index (χ0) is 19.6. The Hall–Kier alpha value is -1.44. The van der Waals surface area contributed by atoms with Gasteiger partial charge in [0.1, 0.15) is 0 Å².